The average molecular weight is 1400 g/mol. The van der Waals surface area contributed by atoms with Crippen LogP contribution in [-0.4, -0.2) is 109 Å². The van der Waals surface area contributed by atoms with Gasteiger partial charge in [0.2, 0.25) is 17.1 Å². The summed E-state index contributed by atoms with van der Waals surface area (Å²) in [5.74, 6) is -1.33. The van der Waals surface area contributed by atoms with E-state index in [1.807, 2.05) is 67.6 Å². The monoisotopic (exact) mass is 1400 g/mol. The summed E-state index contributed by atoms with van der Waals surface area (Å²) >= 11 is 23.5. The molecule has 472 valence electrons. The van der Waals surface area contributed by atoms with E-state index in [-0.39, 0.29) is 178 Å². The maximum absolute atomic E-state index is 12.8. The molecule has 7 heterocycles. The zero-order valence-electron chi connectivity index (χ0n) is 51.5. The molecule has 0 aliphatic rings. The van der Waals surface area contributed by atoms with Gasteiger partial charge < -0.3 is 32.1 Å². The molecule has 1 amide bonds. The van der Waals surface area contributed by atoms with Crippen molar-refractivity contribution in [3.05, 3.63) is 212 Å². The van der Waals surface area contributed by atoms with Crippen LogP contribution in [0.4, 0.5) is 27.3 Å². The predicted octanol–water partition coefficient (Wildman–Crippen LogP) is 4.05. The normalized spacial score (nSPS) is 10.2. The molecule has 10 rings (SSSR count). The molecule has 7 aromatic heterocycles. The largest absolute Gasteiger partial charge is 1.00 e. The number of benzene rings is 3. The maximum Gasteiger partial charge on any atom is 1.00 e. The number of halogens is 5. The van der Waals surface area contributed by atoms with E-state index in [2.05, 4.69) is 55.3 Å². The number of ether oxygens (including phenoxy) is 2. The minimum absolute atomic E-state index is 0. The molecule has 3 aromatic carbocycles. The second-order valence-corrected chi connectivity index (χ2v) is 19.5. The molecule has 0 spiro atoms. The van der Waals surface area contributed by atoms with Gasteiger partial charge in [-0.2, -0.15) is 15.3 Å². The van der Waals surface area contributed by atoms with Crippen molar-refractivity contribution in [2.24, 2.45) is 0 Å². The SMILES string of the molecule is CCOC(=O)c1[nH]ncc1[N+](=O)[O-].CCOC(=O)c1nn(Cc2ccc3ncc(Cl)cc3c2)cc1[N+](=O)[O-].Cc1cc(N)nc(C)c1CNC(=O)c1nn(Cc2ccc3ncc(Cl)cc3c2)cc1[N+](=O)[O-].ClCc1ccc2ncc(Cl)cc2c1.O=CO[O-].[2H]CF.[H-].[K+].[K+]. The summed E-state index contributed by atoms with van der Waals surface area (Å²) in [6, 6.07) is 24.2. The van der Waals surface area contributed by atoms with Gasteiger partial charge in [0.05, 0.1) is 81.2 Å². The number of anilines is 1. The fourth-order valence-electron chi connectivity index (χ4n) is 8.05. The van der Waals surface area contributed by atoms with Crippen LogP contribution in [0.5, 0.6) is 0 Å². The first-order valence-electron chi connectivity index (χ1n) is 26.4. The second kappa shape index (κ2) is 39.4. The van der Waals surface area contributed by atoms with Gasteiger partial charge >= 0.3 is 132 Å². The fourth-order valence-corrected chi connectivity index (χ4v) is 8.72. The first-order chi connectivity index (χ1) is 43.5. The van der Waals surface area contributed by atoms with E-state index >= 15 is 0 Å². The van der Waals surface area contributed by atoms with E-state index in [9.17, 15) is 49.1 Å². The van der Waals surface area contributed by atoms with Crippen LogP contribution in [0.1, 0.15) is 81.6 Å². The Morgan fingerprint density at radius 1 is 0.707 bits per heavy atom. The van der Waals surface area contributed by atoms with Crippen LogP contribution >= 0.6 is 46.4 Å². The topological polar surface area (TPSA) is 402 Å². The molecule has 0 saturated carbocycles. The molecule has 0 unspecified atom stereocenters. The molecule has 0 bridgehead atoms. The number of nitrogens with zero attached hydrogens (tertiary/aromatic N) is 12. The molecule has 29 nitrogen and oxygen atoms in total. The minimum atomic E-state index is -1.00. The number of aromatic nitrogens is 10. The Morgan fingerprint density at radius 2 is 1.13 bits per heavy atom. The van der Waals surface area contributed by atoms with Crippen LogP contribution in [0.3, 0.4) is 0 Å². The molecule has 0 saturated heterocycles. The van der Waals surface area contributed by atoms with Gasteiger partial charge in [0, 0.05) is 52.9 Å². The third kappa shape index (κ3) is 23.2. The van der Waals surface area contributed by atoms with Crippen molar-refractivity contribution in [3.8, 4) is 0 Å². The molecule has 36 heteroatoms. The van der Waals surface area contributed by atoms with E-state index in [0.717, 1.165) is 66.7 Å². The third-order valence-corrected chi connectivity index (χ3v) is 12.8. The summed E-state index contributed by atoms with van der Waals surface area (Å²) in [5, 5.41) is 62.3. The number of nitro groups is 3. The summed E-state index contributed by atoms with van der Waals surface area (Å²) < 4.78 is 27.6. The number of H-pyrrole nitrogens is 1. The quantitative estimate of drug-likeness (QED) is 0.0234. The molecular weight excluding hydrogens is 1350 g/mol. The van der Waals surface area contributed by atoms with E-state index in [4.69, 9.17) is 68.3 Å². The van der Waals surface area contributed by atoms with Crippen molar-refractivity contribution in [3.63, 3.8) is 0 Å². The van der Waals surface area contributed by atoms with Crippen molar-refractivity contribution in [1.82, 2.24) is 55.0 Å². The number of nitrogens with one attached hydrogen (secondary N) is 2. The summed E-state index contributed by atoms with van der Waals surface area (Å²) in [4.78, 5) is 94.7. The van der Waals surface area contributed by atoms with Crippen molar-refractivity contribution in [2.45, 2.75) is 53.2 Å². The number of nitrogen functional groups attached to an aromatic ring is 1. The summed E-state index contributed by atoms with van der Waals surface area (Å²) in [7, 11) is -1.00. The van der Waals surface area contributed by atoms with E-state index < -0.39 is 39.8 Å². The molecule has 92 heavy (non-hydrogen) atoms. The number of pyridine rings is 4. The average Bonchev–Trinajstić information content (AvgIpc) is 1.64. The number of fused-ring (bicyclic) bond motifs is 3. The fraction of sp³-hybridized carbons (Fsp3) is 0.196. The third-order valence-electron chi connectivity index (χ3n) is 11.9. The molecule has 0 radical (unpaired) electrons. The number of aryl methyl sites for hydroxylation is 2. The number of esters is 2. The Kier molecular flexibility index (Phi) is 33.1. The number of amides is 1. The Morgan fingerprint density at radius 3 is 1.55 bits per heavy atom. The van der Waals surface area contributed by atoms with Crippen molar-refractivity contribution in [2.75, 3.05) is 26.1 Å². The van der Waals surface area contributed by atoms with Gasteiger partial charge in [-0.25, -0.2) is 14.6 Å². The van der Waals surface area contributed by atoms with Crippen molar-refractivity contribution in [1.29, 1.82) is 0 Å². The van der Waals surface area contributed by atoms with Crippen LogP contribution in [0.15, 0.2) is 116 Å². The number of carbonyl (C=O) groups excluding carboxylic acids is 4. The maximum atomic E-state index is 12.8. The minimum Gasteiger partial charge on any atom is -1.00 e. The number of alkyl halides is 2. The van der Waals surface area contributed by atoms with Crippen LogP contribution in [0, 0.1) is 44.2 Å². The number of aromatic amines is 1. The van der Waals surface area contributed by atoms with Crippen LogP contribution in [0.25, 0.3) is 32.7 Å². The number of rotatable bonds is 16. The predicted molar refractivity (Wildman–Crippen MR) is 328 cm³/mol. The van der Waals surface area contributed by atoms with Gasteiger partial charge in [0.25, 0.3) is 12.4 Å². The molecule has 0 atom stereocenters. The van der Waals surface area contributed by atoms with Crippen LogP contribution < -0.4 is 119 Å². The van der Waals surface area contributed by atoms with Crippen LogP contribution in [-0.2, 0) is 44.7 Å². The standard InChI is InChI=1S/C22H20ClN7O3.C16H13ClN4O4.C10H7Cl2N.C6H7N3O4.CH3F.CH2O3.2K.H/c1-12-5-20(24)27-13(2)17(12)9-26-22(31)21-19(30(32)33)11-29(28-21)10-14-3-4-18-15(6-14)7-16(23)8-25-18;1-2-25-16(22)15-14(21(23)24)9-20(19-15)8-10-3-4-13-11(5-10)6-12(17)7-18-13;11-5-7-1-2-10-8(3-7)4-9(12)6-13-10;1-2-13-6(10)5-4(9(11)12)3-7-8-5;1-2;2-1-4-3;;;/h3-8,11H,9-10H2,1-2H3,(H2,24,27)(H,26,31);3-7,9H,2,8H2,1H3;1-4,6H,5H2;3H,2H2,1H3,(H,7,8);1H3;1,3H;;;/q;;;;;;2*+1;-1/p-1/i;;;;1D;;;;. The van der Waals surface area contributed by atoms with Crippen molar-refractivity contribution >= 4 is 126 Å². The van der Waals surface area contributed by atoms with Gasteiger partial charge in [-0.3, -0.25) is 73.7 Å². The van der Waals surface area contributed by atoms with Gasteiger partial charge in [-0.1, -0.05) is 53.0 Å². The second-order valence-electron chi connectivity index (χ2n) is 17.9. The Balaban J connectivity index is 0.000000434. The van der Waals surface area contributed by atoms with Gasteiger partial charge in [0.15, 0.2) is 0 Å². The number of carbonyl (C=O) groups is 4. The van der Waals surface area contributed by atoms with E-state index in [1.54, 1.807) is 57.6 Å². The summed E-state index contributed by atoms with van der Waals surface area (Å²) in [5.41, 5.74) is 11.4. The first kappa shape index (κ1) is 77.3. The van der Waals surface area contributed by atoms with Gasteiger partial charge in [0.1, 0.15) is 24.4 Å². The molecule has 0 aliphatic carbocycles. The van der Waals surface area contributed by atoms with Crippen LogP contribution in [0.2, 0.25) is 15.1 Å². The summed E-state index contributed by atoms with van der Waals surface area (Å²) in [6.45, 7) is 7.60. The number of nitrogens with two attached hydrogens (primary N) is 1. The Bertz CT molecular complexity index is 4230. The van der Waals surface area contributed by atoms with Gasteiger partial charge in [-0.05, 0) is 116 Å². The number of hydrogen-bond acceptors (Lipinski definition) is 22. The zero-order valence-corrected chi connectivity index (χ0v) is 58.8. The molecular formula is C56H52Cl4FK2N15O14. The molecule has 4 N–H and O–H groups in total. The van der Waals surface area contributed by atoms with E-state index in [1.165, 1.54) is 21.8 Å². The first-order valence-corrected chi connectivity index (χ1v) is 27.4. The zero-order chi connectivity index (χ0) is 66.9. The Hall–Kier alpha value is -7.13. The Labute approximate surface area is 628 Å². The van der Waals surface area contributed by atoms with E-state index in [0.29, 0.717) is 32.5 Å². The smallest absolute Gasteiger partial charge is 1.00 e. The summed E-state index contributed by atoms with van der Waals surface area (Å²) in [6.07, 6.45) is 8.20. The molecule has 0 aliphatic heterocycles. The van der Waals surface area contributed by atoms with Crippen molar-refractivity contribution < 1.29 is 164 Å². The molecule has 10 aromatic rings. The van der Waals surface area contributed by atoms with Gasteiger partial charge in [-0.15, -0.1) is 11.6 Å². The molecule has 0 fully saturated rings. The number of hydrogen-bond donors (Lipinski definition) is 3.